The number of benzene rings is 1. The average molecular weight is 221 g/mol. The van der Waals surface area contributed by atoms with Crippen molar-refractivity contribution in [2.24, 2.45) is 5.73 Å². The van der Waals surface area contributed by atoms with Gasteiger partial charge in [0, 0.05) is 6.54 Å². The quantitative estimate of drug-likeness (QED) is 0.790. The van der Waals surface area contributed by atoms with E-state index in [0.717, 1.165) is 18.4 Å². The van der Waals surface area contributed by atoms with Crippen molar-refractivity contribution in [1.29, 1.82) is 0 Å². The fourth-order valence-electron chi connectivity index (χ4n) is 1.80. The molecule has 0 radical (unpaired) electrons. The lowest BCUT2D eigenvalue weighted by Crippen LogP contribution is -2.41. The topological polar surface area (TPSA) is 55.5 Å². The number of aliphatic hydroxyl groups is 1. The monoisotopic (exact) mass is 221 g/mol. The maximum Gasteiger partial charge on any atom is 0.125 e. The molecule has 88 valence electrons. The molecule has 0 amide bonds. The molecule has 3 heteroatoms. The van der Waals surface area contributed by atoms with Crippen LogP contribution in [0.4, 0.5) is 0 Å². The third-order valence-corrected chi connectivity index (χ3v) is 3.26. The zero-order valence-electron chi connectivity index (χ0n) is 9.43. The molecule has 1 fully saturated rings. The van der Waals surface area contributed by atoms with E-state index in [1.54, 1.807) is 0 Å². The molecule has 0 aliphatic heterocycles. The summed E-state index contributed by atoms with van der Waals surface area (Å²) in [5.74, 6) is 0. The minimum Gasteiger partial charge on any atom is -0.381 e. The molecule has 0 spiro atoms. The molecule has 1 atom stereocenters. The summed E-state index contributed by atoms with van der Waals surface area (Å²) in [5.41, 5.74) is 5.44. The van der Waals surface area contributed by atoms with Gasteiger partial charge < -0.3 is 15.6 Å². The first-order chi connectivity index (χ1) is 7.74. The Kier molecular flexibility index (Phi) is 3.59. The second-order valence-corrected chi connectivity index (χ2v) is 4.47. The largest absolute Gasteiger partial charge is 0.381 e. The summed E-state index contributed by atoms with van der Waals surface area (Å²) in [6.45, 7) is 0.474. The standard InChI is InChI=1S/C13H19NO2/c14-9-13(15,10-16-12-7-4-8-12)11-5-2-1-3-6-11/h1-3,5-6,12,15H,4,7-10,14H2. The summed E-state index contributed by atoms with van der Waals surface area (Å²) in [6.07, 6.45) is 3.77. The lowest BCUT2D eigenvalue weighted by atomic mass is 9.93. The highest BCUT2D eigenvalue weighted by Gasteiger charge is 2.30. The molecule has 0 heterocycles. The van der Waals surface area contributed by atoms with Gasteiger partial charge in [-0.2, -0.15) is 0 Å². The van der Waals surface area contributed by atoms with Crippen LogP contribution < -0.4 is 5.73 Å². The second kappa shape index (κ2) is 4.95. The molecule has 1 unspecified atom stereocenters. The van der Waals surface area contributed by atoms with Crippen LogP contribution in [0.25, 0.3) is 0 Å². The number of ether oxygens (including phenoxy) is 1. The van der Waals surface area contributed by atoms with E-state index in [9.17, 15) is 5.11 Å². The lowest BCUT2D eigenvalue weighted by Gasteiger charge is -2.32. The van der Waals surface area contributed by atoms with Crippen molar-refractivity contribution in [3.8, 4) is 0 Å². The normalized spacial score (nSPS) is 20.1. The molecule has 1 aliphatic carbocycles. The van der Waals surface area contributed by atoms with E-state index in [1.807, 2.05) is 30.3 Å². The van der Waals surface area contributed by atoms with Gasteiger partial charge in [-0.3, -0.25) is 0 Å². The Balaban J connectivity index is 2.00. The Labute approximate surface area is 96.2 Å². The van der Waals surface area contributed by atoms with Crippen molar-refractivity contribution in [2.75, 3.05) is 13.2 Å². The maximum absolute atomic E-state index is 10.4. The molecule has 1 aromatic rings. The van der Waals surface area contributed by atoms with Crippen LogP contribution in [0, 0.1) is 0 Å². The second-order valence-electron chi connectivity index (χ2n) is 4.47. The van der Waals surface area contributed by atoms with E-state index in [-0.39, 0.29) is 13.2 Å². The summed E-state index contributed by atoms with van der Waals surface area (Å²) < 4.78 is 5.66. The fourth-order valence-corrected chi connectivity index (χ4v) is 1.80. The summed E-state index contributed by atoms with van der Waals surface area (Å²) in [6, 6.07) is 9.50. The SMILES string of the molecule is NCC(O)(COC1CCC1)c1ccccc1. The van der Waals surface area contributed by atoms with Crippen LogP contribution in [-0.4, -0.2) is 24.4 Å². The average Bonchev–Trinajstić information content (AvgIpc) is 2.28. The van der Waals surface area contributed by atoms with Gasteiger partial charge in [0.05, 0.1) is 12.7 Å². The molecule has 1 saturated carbocycles. The third kappa shape index (κ3) is 2.43. The Morgan fingerprint density at radius 3 is 2.50 bits per heavy atom. The van der Waals surface area contributed by atoms with Crippen molar-refractivity contribution in [3.05, 3.63) is 35.9 Å². The third-order valence-electron chi connectivity index (χ3n) is 3.26. The first-order valence-electron chi connectivity index (χ1n) is 5.84. The number of rotatable bonds is 5. The predicted octanol–water partition coefficient (Wildman–Crippen LogP) is 1.40. The summed E-state index contributed by atoms with van der Waals surface area (Å²) in [7, 11) is 0. The van der Waals surface area contributed by atoms with Crippen molar-refractivity contribution >= 4 is 0 Å². The van der Waals surface area contributed by atoms with Crippen molar-refractivity contribution < 1.29 is 9.84 Å². The van der Waals surface area contributed by atoms with E-state index >= 15 is 0 Å². The van der Waals surface area contributed by atoms with Gasteiger partial charge in [-0.05, 0) is 24.8 Å². The van der Waals surface area contributed by atoms with Crippen molar-refractivity contribution in [3.63, 3.8) is 0 Å². The van der Waals surface area contributed by atoms with Gasteiger partial charge in [-0.25, -0.2) is 0 Å². The Morgan fingerprint density at radius 2 is 2.00 bits per heavy atom. The Bertz CT molecular complexity index is 324. The molecule has 3 N–H and O–H groups in total. The van der Waals surface area contributed by atoms with Gasteiger partial charge in [0.1, 0.15) is 5.60 Å². The molecular formula is C13H19NO2. The molecule has 0 saturated heterocycles. The molecule has 0 aromatic heterocycles. The van der Waals surface area contributed by atoms with Crippen molar-refractivity contribution in [2.45, 2.75) is 31.0 Å². The molecule has 16 heavy (non-hydrogen) atoms. The zero-order chi connectivity index (χ0) is 11.4. The van der Waals surface area contributed by atoms with E-state index < -0.39 is 5.60 Å². The van der Waals surface area contributed by atoms with Gasteiger partial charge in [-0.1, -0.05) is 30.3 Å². The highest BCUT2D eigenvalue weighted by atomic mass is 16.5. The van der Waals surface area contributed by atoms with Crippen LogP contribution in [-0.2, 0) is 10.3 Å². The summed E-state index contributed by atoms with van der Waals surface area (Å²) >= 11 is 0. The number of nitrogens with two attached hydrogens (primary N) is 1. The molecule has 1 aromatic carbocycles. The molecule has 0 bridgehead atoms. The van der Waals surface area contributed by atoms with Crippen LogP contribution in [0.1, 0.15) is 24.8 Å². The van der Waals surface area contributed by atoms with Crippen LogP contribution in [0.3, 0.4) is 0 Å². The van der Waals surface area contributed by atoms with Crippen LogP contribution in [0.5, 0.6) is 0 Å². The van der Waals surface area contributed by atoms with Crippen LogP contribution in [0.15, 0.2) is 30.3 Å². The predicted molar refractivity (Wildman–Crippen MR) is 63.0 cm³/mol. The zero-order valence-corrected chi connectivity index (χ0v) is 9.43. The van der Waals surface area contributed by atoms with E-state index in [4.69, 9.17) is 10.5 Å². The lowest BCUT2D eigenvalue weighted by molar-refractivity contribution is -0.0917. The highest BCUT2D eigenvalue weighted by molar-refractivity contribution is 5.22. The van der Waals surface area contributed by atoms with E-state index in [1.165, 1.54) is 6.42 Å². The number of hydrogen-bond donors (Lipinski definition) is 2. The Morgan fingerprint density at radius 1 is 1.31 bits per heavy atom. The maximum atomic E-state index is 10.4. The van der Waals surface area contributed by atoms with Gasteiger partial charge in [-0.15, -0.1) is 0 Å². The molecule has 1 aliphatic rings. The van der Waals surface area contributed by atoms with Crippen molar-refractivity contribution in [1.82, 2.24) is 0 Å². The number of hydrogen-bond acceptors (Lipinski definition) is 3. The van der Waals surface area contributed by atoms with Crippen LogP contribution in [0.2, 0.25) is 0 Å². The minimum atomic E-state index is -1.04. The van der Waals surface area contributed by atoms with E-state index in [2.05, 4.69) is 0 Å². The van der Waals surface area contributed by atoms with Gasteiger partial charge in [0.2, 0.25) is 0 Å². The van der Waals surface area contributed by atoms with E-state index in [0.29, 0.717) is 6.10 Å². The smallest absolute Gasteiger partial charge is 0.125 e. The first kappa shape index (κ1) is 11.6. The Hall–Kier alpha value is -0.900. The van der Waals surface area contributed by atoms with Crippen LogP contribution >= 0.6 is 0 Å². The highest BCUT2D eigenvalue weighted by Crippen LogP contribution is 2.26. The summed E-state index contributed by atoms with van der Waals surface area (Å²) in [4.78, 5) is 0. The molecular weight excluding hydrogens is 202 g/mol. The van der Waals surface area contributed by atoms with Gasteiger partial charge in [0.25, 0.3) is 0 Å². The summed E-state index contributed by atoms with van der Waals surface area (Å²) in [5, 5.41) is 10.4. The molecule has 2 rings (SSSR count). The molecule has 3 nitrogen and oxygen atoms in total. The first-order valence-corrected chi connectivity index (χ1v) is 5.84. The minimum absolute atomic E-state index is 0.184. The van der Waals surface area contributed by atoms with Gasteiger partial charge >= 0.3 is 0 Å². The van der Waals surface area contributed by atoms with Gasteiger partial charge in [0.15, 0.2) is 0 Å². The fraction of sp³-hybridized carbons (Fsp3) is 0.538.